The van der Waals surface area contributed by atoms with E-state index in [1.165, 1.54) is 10.4 Å². The van der Waals surface area contributed by atoms with Crippen LogP contribution >= 0.6 is 23.1 Å². The van der Waals surface area contributed by atoms with Gasteiger partial charge in [0, 0.05) is 27.9 Å². The number of carbonyl (C=O) groups excluding carboxylic acids is 1. The largest absolute Gasteiger partial charge is 0.392 e. The molecule has 5 rings (SSSR count). The van der Waals surface area contributed by atoms with E-state index in [0.717, 1.165) is 15.2 Å². The Morgan fingerprint density at radius 1 is 1.20 bits per heavy atom. The SMILES string of the molecule is O=C1C[C@@H]2[C@@H](Sc3ncnc4sc(-c5ccccc5)cc34)[C@H](O)C[C@H]12. The summed E-state index contributed by atoms with van der Waals surface area (Å²) < 4.78 is 0. The summed E-state index contributed by atoms with van der Waals surface area (Å²) in [6.45, 7) is 0. The summed E-state index contributed by atoms with van der Waals surface area (Å²) in [5.41, 5.74) is 1.17. The molecule has 3 aromatic rings. The summed E-state index contributed by atoms with van der Waals surface area (Å²) in [6, 6.07) is 12.4. The maximum atomic E-state index is 11.7. The molecular weight excluding hydrogens is 352 g/mol. The lowest BCUT2D eigenvalue weighted by Gasteiger charge is -2.31. The van der Waals surface area contributed by atoms with Crippen LogP contribution in [-0.4, -0.2) is 32.2 Å². The fourth-order valence-electron chi connectivity index (χ4n) is 3.90. The Morgan fingerprint density at radius 2 is 2.04 bits per heavy atom. The highest BCUT2D eigenvalue weighted by atomic mass is 32.2. The van der Waals surface area contributed by atoms with Gasteiger partial charge in [0.05, 0.1) is 6.10 Å². The van der Waals surface area contributed by atoms with Gasteiger partial charge in [0.25, 0.3) is 0 Å². The Kier molecular flexibility index (Phi) is 3.66. The monoisotopic (exact) mass is 368 g/mol. The summed E-state index contributed by atoms with van der Waals surface area (Å²) in [5, 5.41) is 12.4. The summed E-state index contributed by atoms with van der Waals surface area (Å²) in [4.78, 5) is 22.7. The Balaban J connectivity index is 1.50. The van der Waals surface area contributed by atoms with Crippen molar-refractivity contribution in [2.45, 2.75) is 29.2 Å². The average Bonchev–Trinajstić information content (AvgIpc) is 3.17. The van der Waals surface area contributed by atoms with Gasteiger partial charge in [0.15, 0.2) is 0 Å². The second kappa shape index (κ2) is 5.90. The van der Waals surface area contributed by atoms with Crippen molar-refractivity contribution in [3.05, 3.63) is 42.7 Å². The van der Waals surface area contributed by atoms with Crippen LogP contribution in [0.5, 0.6) is 0 Å². The number of aliphatic hydroxyl groups excluding tert-OH is 1. The molecule has 0 spiro atoms. The minimum atomic E-state index is -0.427. The maximum Gasteiger partial charge on any atom is 0.136 e. The van der Waals surface area contributed by atoms with Crippen molar-refractivity contribution in [2.24, 2.45) is 11.8 Å². The Labute approximate surface area is 153 Å². The van der Waals surface area contributed by atoms with Crippen molar-refractivity contribution in [1.82, 2.24) is 9.97 Å². The molecule has 6 heteroatoms. The molecule has 2 saturated carbocycles. The smallest absolute Gasteiger partial charge is 0.136 e. The predicted molar refractivity (Wildman–Crippen MR) is 99.7 cm³/mol. The fraction of sp³-hybridized carbons (Fsp3) is 0.316. The van der Waals surface area contributed by atoms with Crippen molar-refractivity contribution in [1.29, 1.82) is 0 Å². The highest BCUT2D eigenvalue weighted by molar-refractivity contribution is 8.00. The third-order valence-electron chi connectivity index (χ3n) is 5.26. The summed E-state index contributed by atoms with van der Waals surface area (Å²) in [5.74, 6) is 0.666. The molecule has 2 aromatic heterocycles. The second-order valence-corrected chi connectivity index (χ2v) is 8.90. The molecule has 0 amide bonds. The first-order valence-electron chi connectivity index (χ1n) is 8.38. The molecule has 2 fully saturated rings. The van der Waals surface area contributed by atoms with Crippen molar-refractivity contribution in [3.63, 3.8) is 0 Å². The van der Waals surface area contributed by atoms with E-state index >= 15 is 0 Å². The van der Waals surface area contributed by atoms with Gasteiger partial charge < -0.3 is 5.11 Å². The molecule has 0 bridgehead atoms. The molecule has 0 saturated heterocycles. The molecule has 2 heterocycles. The van der Waals surface area contributed by atoms with E-state index in [1.807, 2.05) is 18.2 Å². The second-order valence-electron chi connectivity index (χ2n) is 6.70. The number of fused-ring (bicyclic) bond motifs is 2. The van der Waals surface area contributed by atoms with Gasteiger partial charge in [0.1, 0.15) is 22.0 Å². The highest BCUT2D eigenvalue weighted by Gasteiger charge is 2.53. The van der Waals surface area contributed by atoms with Crippen molar-refractivity contribution >= 4 is 39.1 Å². The number of nitrogens with zero attached hydrogens (tertiary/aromatic N) is 2. The van der Waals surface area contributed by atoms with Crippen molar-refractivity contribution in [2.75, 3.05) is 0 Å². The molecule has 0 unspecified atom stereocenters. The highest BCUT2D eigenvalue weighted by Crippen LogP contribution is 2.51. The van der Waals surface area contributed by atoms with Crippen molar-refractivity contribution in [3.8, 4) is 10.4 Å². The molecule has 0 aliphatic heterocycles. The Bertz CT molecular complexity index is 956. The topological polar surface area (TPSA) is 63.1 Å². The zero-order valence-corrected chi connectivity index (χ0v) is 15.0. The van der Waals surface area contributed by atoms with Crippen LogP contribution in [0, 0.1) is 11.8 Å². The van der Waals surface area contributed by atoms with Gasteiger partial charge >= 0.3 is 0 Å². The zero-order valence-electron chi connectivity index (χ0n) is 13.3. The fourth-order valence-corrected chi connectivity index (χ4v) is 6.35. The molecule has 2 aliphatic carbocycles. The average molecular weight is 368 g/mol. The lowest BCUT2D eigenvalue weighted by molar-refractivity contribution is -0.132. The summed E-state index contributed by atoms with van der Waals surface area (Å²) in [6.07, 6.45) is 2.38. The van der Waals surface area contributed by atoms with Crippen LogP contribution < -0.4 is 0 Å². The molecule has 2 aliphatic rings. The van der Waals surface area contributed by atoms with Gasteiger partial charge in [-0.25, -0.2) is 9.97 Å². The van der Waals surface area contributed by atoms with Crippen LogP contribution in [0.1, 0.15) is 12.8 Å². The third kappa shape index (κ3) is 2.51. The molecular formula is C19H16N2O2S2. The molecule has 0 radical (unpaired) electrons. The van der Waals surface area contributed by atoms with E-state index in [0.29, 0.717) is 24.5 Å². The number of carbonyl (C=O) groups is 1. The molecule has 25 heavy (non-hydrogen) atoms. The first-order valence-corrected chi connectivity index (χ1v) is 10.1. The number of benzene rings is 1. The normalized spacial score (nSPS) is 28.1. The number of ketones is 1. The molecule has 1 N–H and O–H groups in total. The van der Waals surface area contributed by atoms with Crippen LogP contribution in [0.4, 0.5) is 0 Å². The summed E-state index contributed by atoms with van der Waals surface area (Å²) in [7, 11) is 0. The van der Waals surface area contributed by atoms with Gasteiger partial charge in [-0.2, -0.15) is 0 Å². The van der Waals surface area contributed by atoms with Crippen molar-refractivity contribution < 1.29 is 9.90 Å². The first-order chi connectivity index (χ1) is 12.2. The first kappa shape index (κ1) is 15.5. The summed E-state index contributed by atoms with van der Waals surface area (Å²) >= 11 is 3.27. The predicted octanol–water partition coefficient (Wildman–Crippen LogP) is 3.79. The van der Waals surface area contributed by atoms with E-state index in [-0.39, 0.29) is 11.2 Å². The van der Waals surface area contributed by atoms with E-state index < -0.39 is 6.10 Å². The van der Waals surface area contributed by atoms with Crippen LogP contribution in [0.3, 0.4) is 0 Å². The minimum Gasteiger partial charge on any atom is -0.392 e. The number of Topliss-reactive ketones (excluding diaryl/α,β-unsaturated/α-hetero) is 1. The number of rotatable bonds is 3. The molecule has 4 nitrogen and oxygen atoms in total. The number of hydrogen-bond donors (Lipinski definition) is 1. The number of aromatic nitrogens is 2. The maximum absolute atomic E-state index is 11.7. The Hall–Kier alpha value is -1.76. The molecule has 4 atom stereocenters. The molecule has 1 aromatic carbocycles. The molecule has 126 valence electrons. The third-order valence-corrected chi connectivity index (χ3v) is 7.84. The van der Waals surface area contributed by atoms with Gasteiger partial charge in [-0.1, -0.05) is 42.1 Å². The van der Waals surface area contributed by atoms with Gasteiger partial charge in [0.2, 0.25) is 0 Å². The standard InChI is InChI=1S/C19H16N2O2S2/c22-14-7-12-11(14)6-15(23)17(12)25-19-13-8-16(10-4-2-1-3-5-10)24-18(13)20-9-21-19/h1-5,8-9,11-12,15,17,23H,6-7H2/t11-,12-,15+,17+/m0/s1. The lowest BCUT2D eigenvalue weighted by Crippen LogP contribution is -2.37. The van der Waals surface area contributed by atoms with Gasteiger partial charge in [-0.15, -0.1) is 11.3 Å². The van der Waals surface area contributed by atoms with Crippen LogP contribution in [-0.2, 0) is 4.79 Å². The number of thiophene rings is 1. The minimum absolute atomic E-state index is 0.0564. The van der Waals surface area contributed by atoms with E-state index in [4.69, 9.17) is 0 Å². The van der Waals surface area contributed by atoms with Gasteiger partial charge in [-0.05, 0) is 24.0 Å². The number of aliphatic hydroxyl groups is 1. The number of thioether (sulfide) groups is 1. The van der Waals surface area contributed by atoms with Crippen LogP contribution in [0.2, 0.25) is 0 Å². The lowest BCUT2D eigenvalue weighted by atomic mass is 9.75. The van der Waals surface area contributed by atoms with E-state index in [2.05, 4.69) is 28.2 Å². The quantitative estimate of drug-likeness (QED) is 0.713. The van der Waals surface area contributed by atoms with Crippen LogP contribution in [0.25, 0.3) is 20.7 Å². The Morgan fingerprint density at radius 3 is 2.80 bits per heavy atom. The van der Waals surface area contributed by atoms with Gasteiger partial charge in [-0.3, -0.25) is 4.79 Å². The zero-order chi connectivity index (χ0) is 17.0. The van der Waals surface area contributed by atoms with E-state index in [1.54, 1.807) is 29.4 Å². The van der Waals surface area contributed by atoms with E-state index in [9.17, 15) is 9.90 Å². The van der Waals surface area contributed by atoms with Crippen LogP contribution in [0.15, 0.2) is 47.8 Å². The number of hydrogen-bond acceptors (Lipinski definition) is 6.